The third-order valence-corrected chi connectivity index (χ3v) is 1.28. The molecule has 1 N–H and O–H groups in total. The molecule has 0 bridgehead atoms. The average molecular weight is 184 g/mol. The quantitative estimate of drug-likeness (QED) is 0.507. The Hall–Kier alpha value is 0.300. The molecule has 0 aliphatic rings. The van der Waals surface area contributed by atoms with Gasteiger partial charge in [-0.1, -0.05) is 27.9 Å². The summed E-state index contributed by atoms with van der Waals surface area (Å²) < 4.78 is 2.53. The van der Waals surface area contributed by atoms with E-state index >= 15 is 0 Å². The highest BCUT2D eigenvalue weighted by Crippen LogP contribution is 1.84. The van der Waals surface area contributed by atoms with Crippen molar-refractivity contribution in [3.05, 3.63) is 0 Å². The number of amides is 1. The fourth-order valence-corrected chi connectivity index (χ4v) is 0.767. The molecule has 1 amide bonds. The van der Waals surface area contributed by atoms with Gasteiger partial charge in [-0.2, -0.15) is 0 Å². The van der Waals surface area contributed by atoms with Crippen molar-refractivity contribution in [1.29, 1.82) is 0 Å². The van der Waals surface area contributed by atoms with Gasteiger partial charge in [0.2, 0.25) is 5.91 Å². The van der Waals surface area contributed by atoms with Gasteiger partial charge in [0, 0.05) is 6.26 Å². The van der Waals surface area contributed by atoms with Crippen LogP contribution >= 0.6 is 27.9 Å². The van der Waals surface area contributed by atoms with Crippen molar-refractivity contribution >= 4 is 33.8 Å². The van der Waals surface area contributed by atoms with E-state index in [1.54, 1.807) is 6.26 Å². The Kier molecular flexibility index (Phi) is 4.65. The summed E-state index contributed by atoms with van der Waals surface area (Å²) in [6.45, 7) is 0. The molecule has 0 saturated heterocycles. The summed E-state index contributed by atoms with van der Waals surface area (Å²) in [6, 6.07) is 0. The summed E-state index contributed by atoms with van der Waals surface area (Å²) in [4.78, 5) is 10.2. The van der Waals surface area contributed by atoms with E-state index in [0.717, 1.165) is 0 Å². The predicted octanol–water partition coefficient (Wildman–Crippen LogP) is 0.776. The Morgan fingerprint density at radius 3 is 2.71 bits per heavy atom. The molecule has 7 heavy (non-hydrogen) atoms. The molecule has 0 aromatic heterocycles. The SMILES string of the molecule is CSNC(=O)CBr. The summed E-state index contributed by atoms with van der Waals surface area (Å²) in [7, 11) is 0. The van der Waals surface area contributed by atoms with E-state index in [-0.39, 0.29) is 5.91 Å². The van der Waals surface area contributed by atoms with Crippen molar-refractivity contribution in [3.63, 3.8) is 0 Å². The zero-order valence-electron chi connectivity index (χ0n) is 3.90. The van der Waals surface area contributed by atoms with Crippen LogP contribution in [0.3, 0.4) is 0 Å². The number of nitrogens with one attached hydrogen (secondary N) is 1. The Morgan fingerprint density at radius 2 is 2.57 bits per heavy atom. The normalized spacial score (nSPS) is 8.29. The highest BCUT2D eigenvalue weighted by Gasteiger charge is 1.90. The standard InChI is InChI=1S/C3H6BrNOS/c1-7-5-3(6)2-4/h2H2,1H3,(H,5,6). The highest BCUT2D eigenvalue weighted by atomic mass is 79.9. The number of carbonyl (C=O) groups is 1. The third-order valence-electron chi connectivity index (χ3n) is 0.337. The topological polar surface area (TPSA) is 29.1 Å². The number of alkyl halides is 1. The van der Waals surface area contributed by atoms with Crippen LogP contribution < -0.4 is 4.72 Å². The maximum atomic E-state index is 10.2. The summed E-state index contributed by atoms with van der Waals surface area (Å²) in [5, 5.41) is 0.383. The summed E-state index contributed by atoms with van der Waals surface area (Å²) in [5.41, 5.74) is 0. The van der Waals surface area contributed by atoms with Crippen LogP contribution in [0.15, 0.2) is 0 Å². The van der Waals surface area contributed by atoms with Crippen LogP contribution in [0, 0.1) is 0 Å². The lowest BCUT2D eigenvalue weighted by atomic mass is 10.8. The molecule has 0 aromatic carbocycles. The highest BCUT2D eigenvalue weighted by molar-refractivity contribution is 9.09. The molecule has 2 nitrogen and oxygen atoms in total. The summed E-state index contributed by atoms with van der Waals surface area (Å²) in [5.74, 6) is 0.00694. The van der Waals surface area contributed by atoms with E-state index in [2.05, 4.69) is 20.7 Å². The minimum atomic E-state index is 0.00694. The van der Waals surface area contributed by atoms with Crippen molar-refractivity contribution in [2.45, 2.75) is 0 Å². The van der Waals surface area contributed by atoms with Gasteiger partial charge in [0.15, 0.2) is 0 Å². The van der Waals surface area contributed by atoms with Crippen LogP contribution in [0.2, 0.25) is 0 Å². The molecule has 0 fully saturated rings. The molecule has 0 spiro atoms. The minimum Gasteiger partial charge on any atom is -0.300 e. The van der Waals surface area contributed by atoms with Crippen LogP contribution in [0.4, 0.5) is 0 Å². The summed E-state index contributed by atoms with van der Waals surface area (Å²) >= 11 is 4.30. The monoisotopic (exact) mass is 183 g/mol. The largest absolute Gasteiger partial charge is 0.300 e. The molecule has 0 unspecified atom stereocenters. The zero-order chi connectivity index (χ0) is 5.70. The molecule has 0 aliphatic carbocycles. The van der Waals surface area contributed by atoms with Gasteiger partial charge in [-0.25, -0.2) is 0 Å². The molecule has 0 rings (SSSR count). The first-order valence-corrected chi connectivity index (χ1v) is 4.03. The molecular weight excluding hydrogens is 178 g/mol. The van der Waals surface area contributed by atoms with Gasteiger partial charge in [0.1, 0.15) is 0 Å². The second-order valence-corrected chi connectivity index (χ2v) is 2.04. The minimum absolute atomic E-state index is 0.00694. The maximum Gasteiger partial charge on any atom is 0.240 e. The van der Waals surface area contributed by atoms with Crippen LogP contribution in [-0.4, -0.2) is 17.5 Å². The van der Waals surface area contributed by atoms with Crippen LogP contribution in [0.5, 0.6) is 0 Å². The lowest BCUT2D eigenvalue weighted by Crippen LogP contribution is -2.15. The van der Waals surface area contributed by atoms with Crippen molar-refractivity contribution in [3.8, 4) is 0 Å². The van der Waals surface area contributed by atoms with Crippen molar-refractivity contribution < 1.29 is 4.79 Å². The third kappa shape index (κ3) is 4.15. The molecular formula is C3H6BrNOS. The van der Waals surface area contributed by atoms with E-state index in [4.69, 9.17) is 0 Å². The van der Waals surface area contributed by atoms with Crippen molar-refractivity contribution in [2.24, 2.45) is 0 Å². The fourth-order valence-electron chi connectivity index (χ4n) is 0.141. The van der Waals surface area contributed by atoms with Gasteiger partial charge in [-0.3, -0.25) is 9.52 Å². The maximum absolute atomic E-state index is 10.2. The van der Waals surface area contributed by atoms with Crippen molar-refractivity contribution in [1.82, 2.24) is 4.72 Å². The van der Waals surface area contributed by atoms with Crippen LogP contribution in [-0.2, 0) is 4.79 Å². The van der Waals surface area contributed by atoms with Gasteiger partial charge in [0.05, 0.1) is 5.33 Å². The lowest BCUT2D eigenvalue weighted by Gasteiger charge is -1.91. The van der Waals surface area contributed by atoms with E-state index in [1.807, 2.05) is 0 Å². The number of hydrogen-bond acceptors (Lipinski definition) is 2. The Bertz CT molecular complexity index is 68.0. The fraction of sp³-hybridized carbons (Fsp3) is 0.667. The number of carbonyl (C=O) groups excluding carboxylic acids is 1. The molecule has 0 aliphatic heterocycles. The van der Waals surface area contributed by atoms with E-state index in [0.29, 0.717) is 5.33 Å². The van der Waals surface area contributed by atoms with Gasteiger partial charge in [0.25, 0.3) is 0 Å². The van der Waals surface area contributed by atoms with E-state index in [9.17, 15) is 4.79 Å². The first kappa shape index (κ1) is 7.30. The smallest absolute Gasteiger partial charge is 0.240 e. The van der Waals surface area contributed by atoms with Gasteiger partial charge in [-0.15, -0.1) is 0 Å². The number of rotatable bonds is 2. The molecule has 4 heteroatoms. The number of halogens is 1. The van der Waals surface area contributed by atoms with Crippen molar-refractivity contribution in [2.75, 3.05) is 11.6 Å². The second-order valence-electron chi connectivity index (χ2n) is 0.863. The predicted molar refractivity (Wildman–Crippen MR) is 35.5 cm³/mol. The van der Waals surface area contributed by atoms with Gasteiger partial charge >= 0.3 is 0 Å². The van der Waals surface area contributed by atoms with Gasteiger partial charge < -0.3 is 0 Å². The Labute approximate surface area is 55.3 Å². The molecule has 0 saturated carbocycles. The first-order chi connectivity index (χ1) is 3.31. The number of hydrogen-bond donors (Lipinski definition) is 1. The summed E-state index contributed by atoms with van der Waals surface area (Å²) in [6.07, 6.45) is 1.81. The average Bonchev–Trinajstić information content (AvgIpc) is 1.68. The molecule has 0 heterocycles. The first-order valence-electron chi connectivity index (χ1n) is 1.69. The molecule has 0 radical (unpaired) electrons. The Morgan fingerprint density at radius 1 is 2.00 bits per heavy atom. The molecule has 0 atom stereocenters. The van der Waals surface area contributed by atoms with Crippen LogP contribution in [0.1, 0.15) is 0 Å². The van der Waals surface area contributed by atoms with E-state index in [1.165, 1.54) is 11.9 Å². The lowest BCUT2D eigenvalue weighted by molar-refractivity contribution is -0.116. The molecule has 0 aromatic rings. The second kappa shape index (κ2) is 4.46. The van der Waals surface area contributed by atoms with Crippen LogP contribution in [0.25, 0.3) is 0 Å². The van der Waals surface area contributed by atoms with Gasteiger partial charge in [-0.05, 0) is 0 Å². The Balaban J connectivity index is 3.00. The van der Waals surface area contributed by atoms with E-state index < -0.39 is 0 Å². The molecule has 42 valence electrons. The zero-order valence-corrected chi connectivity index (χ0v) is 6.30.